The summed E-state index contributed by atoms with van der Waals surface area (Å²) in [5.41, 5.74) is 0. The van der Waals surface area contributed by atoms with E-state index < -0.39 is 0 Å². The molecule has 1 fully saturated rings. The van der Waals surface area contributed by atoms with Crippen molar-refractivity contribution in [2.45, 2.75) is 32.7 Å². The van der Waals surface area contributed by atoms with Gasteiger partial charge < -0.3 is 10.2 Å². The summed E-state index contributed by atoms with van der Waals surface area (Å²) in [4.78, 5) is 25.9. The van der Waals surface area contributed by atoms with Gasteiger partial charge in [0.05, 0.1) is 5.75 Å². The minimum Gasteiger partial charge on any atom is -0.344 e. The molecule has 2 atom stereocenters. The molecule has 0 bridgehead atoms. The number of hydrogen-bond donors (Lipinski definition) is 1. The second kappa shape index (κ2) is 8.11. The van der Waals surface area contributed by atoms with Gasteiger partial charge in [-0.3, -0.25) is 9.59 Å². The first-order valence-electron chi connectivity index (χ1n) is 6.69. The van der Waals surface area contributed by atoms with Crippen molar-refractivity contribution in [2.24, 2.45) is 5.92 Å². The SMILES string of the molecule is C#CCSCCN1CCC(=O)NC(C(C)CC)C1=O. The van der Waals surface area contributed by atoms with Gasteiger partial charge in [-0.1, -0.05) is 26.2 Å². The predicted octanol–water partition coefficient (Wildman–Crippen LogP) is 1.12. The number of rotatable bonds is 6. The van der Waals surface area contributed by atoms with Crippen LogP contribution >= 0.6 is 11.8 Å². The van der Waals surface area contributed by atoms with Gasteiger partial charge in [0.1, 0.15) is 6.04 Å². The van der Waals surface area contributed by atoms with Crippen molar-refractivity contribution in [1.82, 2.24) is 10.2 Å². The fourth-order valence-electron chi connectivity index (χ4n) is 2.00. The summed E-state index contributed by atoms with van der Waals surface area (Å²) in [6.45, 7) is 5.20. The molecule has 1 rings (SSSR count). The van der Waals surface area contributed by atoms with Crippen molar-refractivity contribution in [3.8, 4) is 12.3 Å². The van der Waals surface area contributed by atoms with E-state index in [2.05, 4.69) is 11.2 Å². The molecule has 1 N–H and O–H groups in total. The van der Waals surface area contributed by atoms with E-state index in [9.17, 15) is 9.59 Å². The molecule has 1 aliphatic rings. The van der Waals surface area contributed by atoms with Crippen LogP contribution < -0.4 is 5.32 Å². The van der Waals surface area contributed by atoms with Gasteiger partial charge >= 0.3 is 0 Å². The van der Waals surface area contributed by atoms with Crippen molar-refractivity contribution >= 4 is 23.6 Å². The Labute approximate surface area is 119 Å². The lowest BCUT2D eigenvalue weighted by atomic mass is 9.98. The Morgan fingerprint density at radius 3 is 2.95 bits per heavy atom. The Bertz CT molecular complexity index is 365. The highest BCUT2D eigenvalue weighted by molar-refractivity contribution is 7.99. The third-order valence-electron chi connectivity index (χ3n) is 3.41. The largest absolute Gasteiger partial charge is 0.344 e. The van der Waals surface area contributed by atoms with E-state index in [0.29, 0.717) is 25.3 Å². The summed E-state index contributed by atoms with van der Waals surface area (Å²) in [6, 6.07) is -0.377. The Hall–Kier alpha value is -1.15. The zero-order valence-corrected chi connectivity index (χ0v) is 12.5. The molecule has 1 heterocycles. The number of nitrogens with one attached hydrogen (secondary N) is 1. The van der Waals surface area contributed by atoms with Crippen LogP contribution in [0.3, 0.4) is 0 Å². The molecule has 106 valence electrons. The van der Waals surface area contributed by atoms with Gasteiger partial charge in [-0.2, -0.15) is 0 Å². The van der Waals surface area contributed by atoms with Crippen LogP contribution in [0.5, 0.6) is 0 Å². The molecule has 2 amide bonds. The Morgan fingerprint density at radius 1 is 1.58 bits per heavy atom. The van der Waals surface area contributed by atoms with Gasteiger partial charge in [0, 0.05) is 25.3 Å². The van der Waals surface area contributed by atoms with Crippen LogP contribution in [0.4, 0.5) is 0 Å². The van der Waals surface area contributed by atoms with Crippen LogP contribution in [0.25, 0.3) is 0 Å². The lowest BCUT2D eigenvalue weighted by Crippen LogP contribution is -2.48. The highest BCUT2D eigenvalue weighted by Crippen LogP contribution is 2.15. The average Bonchev–Trinajstić information content (AvgIpc) is 2.55. The molecule has 19 heavy (non-hydrogen) atoms. The van der Waals surface area contributed by atoms with Crippen LogP contribution in [0.15, 0.2) is 0 Å². The minimum absolute atomic E-state index is 0.0302. The Morgan fingerprint density at radius 2 is 2.32 bits per heavy atom. The third-order valence-corrected chi connectivity index (χ3v) is 4.25. The fourth-order valence-corrected chi connectivity index (χ4v) is 2.61. The summed E-state index contributed by atoms with van der Waals surface area (Å²) >= 11 is 1.64. The zero-order valence-electron chi connectivity index (χ0n) is 11.6. The third kappa shape index (κ3) is 4.79. The van der Waals surface area contributed by atoms with Crippen LogP contribution in [0.1, 0.15) is 26.7 Å². The molecule has 0 saturated carbocycles. The lowest BCUT2D eigenvalue weighted by Gasteiger charge is -2.27. The molecule has 4 nitrogen and oxygen atoms in total. The van der Waals surface area contributed by atoms with Gasteiger partial charge in [-0.05, 0) is 5.92 Å². The van der Waals surface area contributed by atoms with Crippen LogP contribution in [0, 0.1) is 18.3 Å². The summed E-state index contributed by atoms with van der Waals surface area (Å²) in [5, 5.41) is 2.84. The van der Waals surface area contributed by atoms with E-state index in [1.54, 1.807) is 16.7 Å². The number of carbonyl (C=O) groups excluding carboxylic acids is 2. The second-order valence-electron chi connectivity index (χ2n) is 4.76. The highest BCUT2D eigenvalue weighted by Gasteiger charge is 2.32. The second-order valence-corrected chi connectivity index (χ2v) is 5.87. The number of carbonyl (C=O) groups is 2. The van der Waals surface area contributed by atoms with Crippen molar-refractivity contribution in [3.05, 3.63) is 0 Å². The highest BCUT2D eigenvalue weighted by atomic mass is 32.2. The van der Waals surface area contributed by atoms with Crippen molar-refractivity contribution < 1.29 is 9.59 Å². The van der Waals surface area contributed by atoms with E-state index >= 15 is 0 Å². The van der Waals surface area contributed by atoms with E-state index in [4.69, 9.17) is 6.42 Å². The maximum Gasteiger partial charge on any atom is 0.245 e. The van der Waals surface area contributed by atoms with Crippen molar-refractivity contribution in [3.63, 3.8) is 0 Å². The first kappa shape index (κ1) is 15.9. The molecular formula is C14H22N2O2S. The monoisotopic (exact) mass is 282 g/mol. The lowest BCUT2D eigenvalue weighted by molar-refractivity contribution is -0.134. The van der Waals surface area contributed by atoms with Crippen LogP contribution in [-0.2, 0) is 9.59 Å². The molecule has 2 unspecified atom stereocenters. The molecule has 0 aromatic heterocycles. The summed E-state index contributed by atoms with van der Waals surface area (Å²) in [5.74, 6) is 4.22. The van der Waals surface area contributed by atoms with Gasteiger partial charge in [-0.25, -0.2) is 0 Å². The number of amides is 2. The first-order chi connectivity index (χ1) is 9.10. The molecule has 0 aromatic rings. The molecule has 0 aliphatic carbocycles. The van der Waals surface area contributed by atoms with Gasteiger partial charge in [0.25, 0.3) is 0 Å². The normalized spacial score (nSPS) is 21.5. The number of terminal acetylenes is 1. The average molecular weight is 282 g/mol. The maximum atomic E-state index is 12.4. The molecular weight excluding hydrogens is 260 g/mol. The van der Waals surface area contributed by atoms with Gasteiger partial charge in [-0.15, -0.1) is 18.2 Å². The number of nitrogens with zero attached hydrogens (tertiary/aromatic N) is 1. The summed E-state index contributed by atoms with van der Waals surface area (Å²) < 4.78 is 0. The van der Waals surface area contributed by atoms with Crippen molar-refractivity contribution in [2.75, 3.05) is 24.6 Å². The fraction of sp³-hybridized carbons (Fsp3) is 0.714. The molecule has 5 heteroatoms. The Kier molecular flexibility index (Phi) is 6.79. The predicted molar refractivity (Wildman–Crippen MR) is 78.7 cm³/mol. The van der Waals surface area contributed by atoms with Gasteiger partial charge in [0.15, 0.2) is 0 Å². The smallest absolute Gasteiger partial charge is 0.245 e. The van der Waals surface area contributed by atoms with Crippen LogP contribution in [-0.4, -0.2) is 47.4 Å². The molecule has 0 aromatic carbocycles. The van der Waals surface area contributed by atoms with E-state index in [-0.39, 0.29) is 23.8 Å². The minimum atomic E-state index is -0.377. The van der Waals surface area contributed by atoms with E-state index in [1.807, 2.05) is 13.8 Å². The molecule has 1 saturated heterocycles. The van der Waals surface area contributed by atoms with Crippen LogP contribution in [0.2, 0.25) is 0 Å². The molecule has 0 radical (unpaired) electrons. The number of hydrogen-bond acceptors (Lipinski definition) is 3. The molecule has 1 aliphatic heterocycles. The van der Waals surface area contributed by atoms with Gasteiger partial charge in [0.2, 0.25) is 11.8 Å². The van der Waals surface area contributed by atoms with E-state index in [1.165, 1.54) is 0 Å². The standard InChI is InChI=1S/C14H22N2O2S/c1-4-9-19-10-8-16-7-6-12(17)15-13(14(16)18)11(3)5-2/h1,11,13H,5-10H2,2-3H3,(H,15,17). The summed E-state index contributed by atoms with van der Waals surface area (Å²) in [7, 11) is 0. The summed E-state index contributed by atoms with van der Waals surface area (Å²) in [6.07, 6.45) is 6.45. The topological polar surface area (TPSA) is 49.4 Å². The van der Waals surface area contributed by atoms with E-state index in [0.717, 1.165) is 12.2 Å². The quantitative estimate of drug-likeness (QED) is 0.586. The first-order valence-corrected chi connectivity index (χ1v) is 7.85. The number of thioether (sulfide) groups is 1. The zero-order chi connectivity index (χ0) is 14.3. The van der Waals surface area contributed by atoms with Crippen molar-refractivity contribution in [1.29, 1.82) is 0 Å². The molecule has 0 spiro atoms. The Balaban J connectivity index is 2.62. The maximum absolute atomic E-state index is 12.4.